The van der Waals surface area contributed by atoms with Crippen LogP contribution in [0.15, 0.2) is 23.0 Å². The molecule has 1 aliphatic carbocycles. The quantitative estimate of drug-likeness (QED) is 0.391. The van der Waals surface area contributed by atoms with Crippen molar-refractivity contribution < 1.29 is 14.3 Å². The summed E-state index contributed by atoms with van der Waals surface area (Å²) in [5, 5.41) is 6.41. The molecule has 0 spiro atoms. The predicted octanol–water partition coefficient (Wildman–Crippen LogP) is 3.13. The van der Waals surface area contributed by atoms with E-state index in [0.29, 0.717) is 17.7 Å². The van der Waals surface area contributed by atoms with Gasteiger partial charge in [0.15, 0.2) is 0 Å². The molecule has 38 heavy (non-hydrogen) atoms. The fourth-order valence-corrected chi connectivity index (χ4v) is 5.04. The average molecular weight is 524 g/mol. The molecule has 1 aliphatic heterocycles. The first-order valence-corrected chi connectivity index (χ1v) is 13.8. The number of hydrogen-bond acceptors (Lipinski definition) is 6. The Morgan fingerprint density at radius 2 is 1.87 bits per heavy atom. The van der Waals surface area contributed by atoms with Crippen molar-refractivity contribution in [2.24, 2.45) is 5.92 Å². The Morgan fingerprint density at radius 3 is 2.53 bits per heavy atom. The zero-order valence-corrected chi connectivity index (χ0v) is 23.1. The second-order valence-corrected chi connectivity index (χ2v) is 10.4. The molecule has 0 radical (unpaired) electrons. The molecule has 1 saturated carbocycles. The van der Waals surface area contributed by atoms with Gasteiger partial charge in [-0.2, -0.15) is 0 Å². The summed E-state index contributed by atoms with van der Waals surface area (Å²) in [4.78, 5) is 46.0. The summed E-state index contributed by atoms with van der Waals surface area (Å²) in [5.41, 5.74) is 4.80. The molecule has 1 aromatic carbocycles. The van der Waals surface area contributed by atoms with Crippen LogP contribution < -0.4 is 21.1 Å². The van der Waals surface area contributed by atoms with Crippen molar-refractivity contribution in [2.75, 3.05) is 56.2 Å². The number of nitrogens with zero attached hydrogens (tertiary/aromatic N) is 2. The number of H-pyrrole nitrogens is 1. The maximum absolute atomic E-state index is 13.4. The summed E-state index contributed by atoms with van der Waals surface area (Å²) in [6, 6.07) is 5.74. The fraction of sp³-hybridized carbons (Fsp3) is 0.552. The number of carbonyl (C=O) groups is 2. The molecule has 9 nitrogen and oxygen atoms in total. The highest BCUT2D eigenvalue weighted by atomic mass is 16.5. The lowest BCUT2D eigenvalue weighted by Crippen LogP contribution is -2.37. The summed E-state index contributed by atoms with van der Waals surface area (Å²) in [5.74, 6) is -0.0729. The molecule has 2 aliphatic rings. The van der Waals surface area contributed by atoms with Gasteiger partial charge in [0.1, 0.15) is 0 Å². The van der Waals surface area contributed by atoms with Gasteiger partial charge in [0.25, 0.3) is 11.5 Å². The monoisotopic (exact) mass is 523 g/mol. The second-order valence-electron chi connectivity index (χ2n) is 10.4. The molecule has 0 bridgehead atoms. The van der Waals surface area contributed by atoms with Crippen LogP contribution in [0.25, 0.3) is 0 Å². The number of anilines is 2. The van der Waals surface area contributed by atoms with Gasteiger partial charge in [-0.15, -0.1) is 0 Å². The Morgan fingerprint density at radius 1 is 1.13 bits per heavy atom. The number of aromatic amines is 1. The number of amides is 2. The summed E-state index contributed by atoms with van der Waals surface area (Å²) in [6.45, 7) is 13.4. The molecule has 1 saturated heterocycles. The van der Waals surface area contributed by atoms with Crippen molar-refractivity contribution in [1.82, 2.24) is 15.2 Å². The predicted molar refractivity (Wildman–Crippen MR) is 150 cm³/mol. The Bertz CT molecular complexity index is 1210. The zero-order valence-electron chi connectivity index (χ0n) is 23.1. The minimum absolute atomic E-state index is 0.0769. The van der Waals surface area contributed by atoms with Gasteiger partial charge in [-0.05, 0) is 82.8 Å². The lowest BCUT2D eigenvalue weighted by Gasteiger charge is -2.27. The molecule has 2 heterocycles. The van der Waals surface area contributed by atoms with Crippen LogP contribution in [0.3, 0.4) is 0 Å². The molecule has 0 unspecified atom stereocenters. The number of ether oxygens (including phenoxy) is 1. The van der Waals surface area contributed by atoms with Crippen LogP contribution in [0, 0.1) is 26.7 Å². The number of rotatable bonds is 11. The third-order valence-corrected chi connectivity index (χ3v) is 7.43. The highest BCUT2D eigenvalue weighted by Gasteiger charge is 2.34. The van der Waals surface area contributed by atoms with Crippen molar-refractivity contribution in [3.63, 3.8) is 0 Å². The van der Waals surface area contributed by atoms with E-state index in [1.165, 1.54) is 0 Å². The Balaban J connectivity index is 1.53. The summed E-state index contributed by atoms with van der Waals surface area (Å²) in [6.07, 6.45) is 2.80. The lowest BCUT2D eigenvalue weighted by atomic mass is 10.0. The number of aromatic nitrogens is 1. The molecular weight excluding hydrogens is 482 g/mol. The number of morpholine rings is 1. The molecule has 4 rings (SSSR count). The van der Waals surface area contributed by atoms with Crippen LogP contribution in [0.4, 0.5) is 11.4 Å². The van der Waals surface area contributed by atoms with E-state index in [1.807, 2.05) is 45.9 Å². The van der Waals surface area contributed by atoms with Crippen molar-refractivity contribution in [3.05, 3.63) is 56.5 Å². The topological polar surface area (TPSA) is 107 Å². The Labute approximate surface area is 224 Å². The highest BCUT2D eigenvalue weighted by molar-refractivity contribution is 6.02. The average Bonchev–Trinajstić information content (AvgIpc) is 3.74. The number of nitrogens with one attached hydrogen (secondary N) is 3. The molecule has 2 aromatic rings. The minimum atomic E-state index is -0.269. The van der Waals surface area contributed by atoms with Gasteiger partial charge in [0.05, 0.1) is 13.2 Å². The third-order valence-electron chi connectivity index (χ3n) is 7.43. The van der Waals surface area contributed by atoms with E-state index in [-0.39, 0.29) is 29.8 Å². The van der Waals surface area contributed by atoms with E-state index >= 15 is 0 Å². The zero-order chi connectivity index (χ0) is 27.2. The molecular formula is C29H41N5O4. The number of hydrogen-bond donors (Lipinski definition) is 3. The standard InChI is InChI=1S/C29H41N5O4/c1-5-34(29(37)22-7-8-22)26-17-23(30-9-6-10-33-11-13-38-14-12-33)16-24(21(26)4)27(35)31-18-25-19(2)15-20(3)32-28(25)36/h15-17,22,30H,5-14,18H2,1-4H3,(H,31,35)(H,32,36). The van der Waals surface area contributed by atoms with E-state index in [9.17, 15) is 14.4 Å². The number of pyridine rings is 1. The smallest absolute Gasteiger partial charge is 0.253 e. The molecule has 2 fully saturated rings. The lowest BCUT2D eigenvalue weighted by molar-refractivity contribution is -0.119. The first-order valence-electron chi connectivity index (χ1n) is 13.8. The number of benzene rings is 1. The van der Waals surface area contributed by atoms with Gasteiger partial charge in [0.2, 0.25) is 5.91 Å². The van der Waals surface area contributed by atoms with Gasteiger partial charge in [-0.1, -0.05) is 0 Å². The first-order chi connectivity index (χ1) is 18.3. The Hall–Kier alpha value is -3.17. The normalized spacial score (nSPS) is 15.8. The van der Waals surface area contributed by atoms with E-state index < -0.39 is 0 Å². The van der Waals surface area contributed by atoms with Crippen LogP contribution in [0.5, 0.6) is 0 Å². The van der Waals surface area contributed by atoms with Crippen molar-refractivity contribution in [2.45, 2.75) is 53.5 Å². The molecule has 206 valence electrons. The van der Waals surface area contributed by atoms with Crippen LogP contribution >= 0.6 is 0 Å². The fourth-order valence-electron chi connectivity index (χ4n) is 5.04. The SMILES string of the molecule is CCN(C(=O)C1CC1)c1cc(NCCCN2CCOCC2)cc(C(=O)NCc2c(C)cc(C)[nH]c2=O)c1C. The van der Waals surface area contributed by atoms with Crippen molar-refractivity contribution in [3.8, 4) is 0 Å². The van der Waals surface area contributed by atoms with E-state index in [0.717, 1.165) is 86.9 Å². The molecule has 0 atom stereocenters. The van der Waals surface area contributed by atoms with Crippen LogP contribution in [-0.4, -0.2) is 67.6 Å². The number of aryl methyl sites for hydroxylation is 2. The summed E-state index contributed by atoms with van der Waals surface area (Å²) < 4.78 is 5.43. The summed E-state index contributed by atoms with van der Waals surface area (Å²) in [7, 11) is 0. The van der Waals surface area contributed by atoms with E-state index in [2.05, 4.69) is 20.5 Å². The van der Waals surface area contributed by atoms with Crippen molar-refractivity contribution in [1.29, 1.82) is 0 Å². The molecule has 3 N–H and O–H groups in total. The molecule has 2 amide bonds. The van der Waals surface area contributed by atoms with Gasteiger partial charge >= 0.3 is 0 Å². The van der Waals surface area contributed by atoms with E-state index in [1.54, 1.807) is 4.90 Å². The van der Waals surface area contributed by atoms with Crippen LogP contribution in [-0.2, 0) is 16.1 Å². The third kappa shape index (κ3) is 6.82. The van der Waals surface area contributed by atoms with Gasteiger partial charge in [-0.3, -0.25) is 19.3 Å². The van der Waals surface area contributed by atoms with Crippen LogP contribution in [0.2, 0.25) is 0 Å². The molecule has 1 aromatic heterocycles. The highest BCUT2D eigenvalue weighted by Crippen LogP contribution is 2.35. The summed E-state index contributed by atoms with van der Waals surface area (Å²) >= 11 is 0. The number of carbonyl (C=O) groups excluding carboxylic acids is 2. The van der Waals surface area contributed by atoms with Crippen molar-refractivity contribution >= 4 is 23.2 Å². The molecule has 9 heteroatoms. The van der Waals surface area contributed by atoms with E-state index in [4.69, 9.17) is 4.74 Å². The van der Waals surface area contributed by atoms with Crippen LogP contribution in [0.1, 0.15) is 58.9 Å². The first kappa shape index (κ1) is 27.9. The maximum Gasteiger partial charge on any atom is 0.253 e. The van der Waals surface area contributed by atoms with Gasteiger partial charge in [-0.25, -0.2) is 0 Å². The largest absolute Gasteiger partial charge is 0.385 e. The van der Waals surface area contributed by atoms with Gasteiger partial charge in [0, 0.05) is 66.8 Å². The second kappa shape index (κ2) is 12.6. The minimum Gasteiger partial charge on any atom is -0.385 e. The maximum atomic E-state index is 13.4. The van der Waals surface area contributed by atoms with Gasteiger partial charge < -0.3 is 25.3 Å². The Kier molecular flexibility index (Phi) is 9.22.